The van der Waals surface area contributed by atoms with Crippen molar-refractivity contribution in [3.63, 3.8) is 0 Å². The number of fused-ring (bicyclic) bond motifs is 1. The van der Waals surface area contributed by atoms with Gasteiger partial charge in [-0.05, 0) is 36.5 Å². The Morgan fingerprint density at radius 2 is 2.19 bits per heavy atom. The fraction of sp³-hybridized carbons (Fsp3) is 0.111. The van der Waals surface area contributed by atoms with Crippen LogP contribution in [0.1, 0.15) is 0 Å². The maximum Gasteiger partial charge on any atom is 0.180 e. The van der Waals surface area contributed by atoms with E-state index in [1.807, 2.05) is 0 Å². The van der Waals surface area contributed by atoms with Crippen molar-refractivity contribution < 1.29 is 9.84 Å². The molecule has 9 heteroatoms. The van der Waals surface area contributed by atoms with Gasteiger partial charge in [0.2, 0.25) is 0 Å². The van der Waals surface area contributed by atoms with E-state index in [2.05, 4.69) is 32.2 Å². The van der Waals surface area contributed by atoms with E-state index in [1.165, 1.54) is 7.11 Å². The fourth-order valence-electron chi connectivity index (χ4n) is 2.31. The molecule has 0 bridgehead atoms. The van der Waals surface area contributed by atoms with Gasteiger partial charge in [0.05, 0.1) is 24.0 Å². The number of benzene rings is 1. The summed E-state index contributed by atoms with van der Waals surface area (Å²) in [6, 6.07) is 6.78. The molecule has 2 aromatic heterocycles. The molecule has 0 radical (unpaired) electrons. The Labute approximate surface area is 166 Å². The van der Waals surface area contributed by atoms with Crippen molar-refractivity contribution in [2.24, 2.45) is 0 Å². The van der Waals surface area contributed by atoms with Crippen molar-refractivity contribution in [1.82, 2.24) is 20.3 Å². The van der Waals surface area contributed by atoms with Gasteiger partial charge in [0.25, 0.3) is 0 Å². The third kappa shape index (κ3) is 4.24. The number of pyridine rings is 1. The molecule has 0 spiro atoms. The van der Waals surface area contributed by atoms with E-state index >= 15 is 0 Å². The molecule has 1 aromatic carbocycles. The number of phenolic OH excluding ortho intramolecular Hbond substituents is 1. The molecular weight excluding hydrogens is 386 g/mol. The Balaban J connectivity index is 1.95. The molecule has 0 atom stereocenters. The Hall–Kier alpha value is -2.97. The SMILES string of the molecule is C=CCNC(=S)Nc1ccc2ncc(-c3cc(Cl)c(O)c(OC)c3)nc2n1. The summed E-state index contributed by atoms with van der Waals surface area (Å²) < 4.78 is 5.13. The average molecular weight is 402 g/mol. The summed E-state index contributed by atoms with van der Waals surface area (Å²) in [6.45, 7) is 4.17. The minimum Gasteiger partial charge on any atom is -0.503 e. The van der Waals surface area contributed by atoms with Crippen LogP contribution in [0.2, 0.25) is 5.02 Å². The summed E-state index contributed by atoms with van der Waals surface area (Å²) >= 11 is 11.2. The number of aromatic nitrogens is 3. The minimum atomic E-state index is -0.123. The molecule has 3 aromatic rings. The second-order valence-electron chi connectivity index (χ2n) is 5.43. The summed E-state index contributed by atoms with van der Waals surface area (Å²) in [4.78, 5) is 13.3. The standard InChI is InChI=1S/C18H16ClN5O2S/c1-3-6-20-18(27)24-15-5-4-12-17(23-15)22-13(9-21-12)10-7-11(19)16(25)14(8-10)26-2/h3-5,7-9,25H,1,6H2,2H3,(H2,20,22,23,24,27). The number of phenols is 1. The number of hydrogen-bond donors (Lipinski definition) is 3. The Kier molecular flexibility index (Phi) is 5.68. The lowest BCUT2D eigenvalue weighted by Gasteiger charge is -2.10. The van der Waals surface area contributed by atoms with Gasteiger partial charge in [-0.1, -0.05) is 17.7 Å². The molecule has 3 rings (SSSR count). The quantitative estimate of drug-likeness (QED) is 0.441. The normalized spacial score (nSPS) is 10.4. The summed E-state index contributed by atoms with van der Waals surface area (Å²) in [5, 5.41) is 16.4. The van der Waals surface area contributed by atoms with Crippen LogP contribution in [0.15, 0.2) is 43.1 Å². The van der Waals surface area contributed by atoms with Crippen molar-refractivity contribution >= 4 is 45.9 Å². The van der Waals surface area contributed by atoms with Crippen LogP contribution in [0.4, 0.5) is 5.82 Å². The van der Waals surface area contributed by atoms with Crippen molar-refractivity contribution in [3.8, 4) is 22.8 Å². The summed E-state index contributed by atoms with van der Waals surface area (Å²) in [7, 11) is 1.45. The van der Waals surface area contributed by atoms with Crippen LogP contribution in [0, 0.1) is 0 Å². The Bertz CT molecular complexity index is 1030. The van der Waals surface area contributed by atoms with E-state index < -0.39 is 0 Å². The molecular formula is C18H16ClN5O2S. The summed E-state index contributed by atoms with van der Waals surface area (Å²) in [6.07, 6.45) is 3.31. The molecule has 0 amide bonds. The number of anilines is 1. The average Bonchev–Trinajstić information content (AvgIpc) is 2.67. The number of nitrogens with zero attached hydrogens (tertiary/aromatic N) is 3. The number of hydrogen-bond acceptors (Lipinski definition) is 6. The smallest absolute Gasteiger partial charge is 0.180 e. The molecule has 0 saturated heterocycles. The van der Waals surface area contributed by atoms with Crippen molar-refractivity contribution in [1.29, 1.82) is 0 Å². The number of aromatic hydroxyl groups is 1. The zero-order valence-electron chi connectivity index (χ0n) is 14.4. The van der Waals surface area contributed by atoms with Crippen LogP contribution < -0.4 is 15.4 Å². The lowest BCUT2D eigenvalue weighted by Crippen LogP contribution is -2.28. The molecule has 0 aliphatic rings. The van der Waals surface area contributed by atoms with Crippen LogP contribution in [-0.2, 0) is 0 Å². The van der Waals surface area contributed by atoms with Gasteiger partial charge in [0.15, 0.2) is 22.3 Å². The highest BCUT2D eigenvalue weighted by molar-refractivity contribution is 7.80. The Morgan fingerprint density at radius 1 is 1.37 bits per heavy atom. The van der Waals surface area contributed by atoms with Crippen molar-refractivity contribution in [2.75, 3.05) is 19.0 Å². The van der Waals surface area contributed by atoms with Gasteiger partial charge < -0.3 is 20.5 Å². The van der Waals surface area contributed by atoms with Gasteiger partial charge in [-0.25, -0.2) is 9.97 Å². The monoisotopic (exact) mass is 401 g/mol. The number of nitrogens with one attached hydrogen (secondary N) is 2. The highest BCUT2D eigenvalue weighted by Crippen LogP contribution is 2.37. The third-order valence-electron chi connectivity index (χ3n) is 3.60. The van der Waals surface area contributed by atoms with E-state index in [-0.39, 0.29) is 16.5 Å². The van der Waals surface area contributed by atoms with Gasteiger partial charge >= 0.3 is 0 Å². The van der Waals surface area contributed by atoms with E-state index in [0.29, 0.717) is 39.9 Å². The molecule has 3 N–H and O–H groups in total. The molecule has 0 fully saturated rings. The first-order valence-corrected chi connectivity index (χ1v) is 8.67. The number of ether oxygens (including phenoxy) is 1. The van der Waals surface area contributed by atoms with E-state index in [0.717, 1.165) is 0 Å². The van der Waals surface area contributed by atoms with E-state index in [9.17, 15) is 5.11 Å². The van der Waals surface area contributed by atoms with Crippen LogP contribution >= 0.6 is 23.8 Å². The maximum absolute atomic E-state index is 9.88. The zero-order chi connectivity index (χ0) is 19.4. The predicted molar refractivity (Wildman–Crippen MR) is 110 cm³/mol. The summed E-state index contributed by atoms with van der Waals surface area (Å²) in [5.74, 6) is 0.667. The van der Waals surface area contributed by atoms with Gasteiger partial charge in [-0.3, -0.25) is 4.98 Å². The number of halogens is 1. The molecule has 0 saturated carbocycles. The Morgan fingerprint density at radius 3 is 2.93 bits per heavy atom. The van der Waals surface area contributed by atoms with Crippen molar-refractivity contribution in [3.05, 3.63) is 48.1 Å². The molecule has 0 aliphatic carbocycles. The zero-order valence-corrected chi connectivity index (χ0v) is 15.9. The number of rotatable bonds is 5. The predicted octanol–water partition coefficient (Wildman–Crippen LogP) is 3.53. The number of thiocarbonyl (C=S) groups is 1. The van der Waals surface area contributed by atoms with Crippen LogP contribution in [0.3, 0.4) is 0 Å². The van der Waals surface area contributed by atoms with Gasteiger partial charge in [-0.15, -0.1) is 6.58 Å². The molecule has 0 unspecified atom stereocenters. The lowest BCUT2D eigenvalue weighted by atomic mass is 10.1. The highest BCUT2D eigenvalue weighted by Gasteiger charge is 2.12. The van der Waals surface area contributed by atoms with E-state index in [1.54, 1.807) is 36.5 Å². The largest absolute Gasteiger partial charge is 0.503 e. The first kappa shape index (κ1) is 18.8. The molecule has 0 aliphatic heterocycles. The first-order chi connectivity index (χ1) is 13.0. The lowest BCUT2D eigenvalue weighted by molar-refractivity contribution is 0.374. The second-order valence-corrected chi connectivity index (χ2v) is 6.24. The van der Waals surface area contributed by atoms with Gasteiger partial charge in [0, 0.05) is 12.1 Å². The van der Waals surface area contributed by atoms with E-state index in [4.69, 9.17) is 28.6 Å². The van der Waals surface area contributed by atoms with Crippen LogP contribution in [-0.4, -0.2) is 38.8 Å². The maximum atomic E-state index is 9.88. The second kappa shape index (κ2) is 8.15. The molecule has 138 valence electrons. The van der Waals surface area contributed by atoms with Gasteiger partial charge in [-0.2, -0.15) is 0 Å². The molecule has 27 heavy (non-hydrogen) atoms. The van der Waals surface area contributed by atoms with Gasteiger partial charge in [0.1, 0.15) is 11.3 Å². The van der Waals surface area contributed by atoms with Crippen LogP contribution in [0.5, 0.6) is 11.5 Å². The van der Waals surface area contributed by atoms with Crippen molar-refractivity contribution in [2.45, 2.75) is 0 Å². The fourth-order valence-corrected chi connectivity index (χ4v) is 2.71. The first-order valence-electron chi connectivity index (χ1n) is 7.88. The van der Waals surface area contributed by atoms with Crippen LogP contribution in [0.25, 0.3) is 22.4 Å². The molecule has 7 nitrogen and oxygen atoms in total. The topological polar surface area (TPSA) is 92.2 Å². The molecule has 2 heterocycles. The highest BCUT2D eigenvalue weighted by atomic mass is 35.5. The minimum absolute atomic E-state index is 0.123. The summed E-state index contributed by atoms with van der Waals surface area (Å²) in [5.41, 5.74) is 2.25. The third-order valence-corrected chi connectivity index (χ3v) is 4.13. The number of methoxy groups -OCH3 is 1.